The molecule has 0 aromatic heterocycles. The summed E-state index contributed by atoms with van der Waals surface area (Å²) in [5, 5.41) is 3.01. The van der Waals surface area contributed by atoms with Crippen LogP contribution in [-0.2, 0) is 0 Å². The molecule has 0 aliphatic heterocycles. The Kier molecular flexibility index (Phi) is 5.37. The minimum Gasteiger partial charge on any atom is -0.346 e. The first-order chi connectivity index (χ1) is 8.50. The summed E-state index contributed by atoms with van der Waals surface area (Å²) < 4.78 is 0. The Balaban J connectivity index is 2.64. The predicted molar refractivity (Wildman–Crippen MR) is 76.6 cm³/mol. The molecule has 0 saturated carbocycles. The normalized spacial score (nSPS) is 11.7. The van der Waals surface area contributed by atoms with Gasteiger partial charge in [0.2, 0.25) is 0 Å². The predicted octanol–water partition coefficient (Wildman–Crippen LogP) is 3.72. The highest BCUT2D eigenvalue weighted by Gasteiger charge is 2.13. The monoisotopic (exact) mass is 243 g/mol. The summed E-state index contributed by atoms with van der Waals surface area (Å²) in [7, 11) is 0. The zero-order valence-corrected chi connectivity index (χ0v) is 11.2. The second-order valence-corrected chi connectivity index (χ2v) is 4.73. The summed E-state index contributed by atoms with van der Waals surface area (Å²) in [6.45, 7) is 11.8. The molecule has 2 heteroatoms. The SMILES string of the molecule is C=C(C)CCC(NC(=O)c1ccccc1)C(=C)C. The van der Waals surface area contributed by atoms with Gasteiger partial charge in [0.05, 0.1) is 6.04 Å². The molecular weight excluding hydrogens is 222 g/mol. The van der Waals surface area contributed by atoms with Gasteiger partial charge < -0.3 is 5.32 Å². The molecule has 96 valence electrons. The van der Waals surface area contributed by atoms with Crippen LogP contribution in [-0.4, -0.2) is 11.9 Å². The molecule has 0 saturated heterocycles. The number of amides is 1. The Morgan fingerprint density at radius 2 is 1.83 bits per heavy atom. The molecule has 0 aliphatic rings. The Bertz CT molecular complexity index is 434. The van der Waals surface area contributed by atoms with Gasteiger partial charge >= 0.3 is 0 Å². The van der Waals surface area contributed by atoms with E-state index in [2.05, 4.69) is 18.5 Å². The first kappa shape index (κ1) is 14.2. The lowest BCUT2D eigenvalue weighted by Crippen LogP contribution is -2.35. The zero-order chi connectivity index (χ0) is 13.5. The van der Waals surface area contributed by atoms with Crippen LogP contribution in [0, 0.1) is 0 Å². The van der Waals surface area contributed by atoms with Crippen molar-refractivity contribution in [2.45, 2.75) is 32.7 Å². The fraction of sp³-hybridized carbons (Fsp3) is 0.312. The lowest BCUT2D eigenvalue weighted by molar-refractivity contribution is 0.0941. The minimum absolute atomic E-state index is 0.00871. The highest BCUT2D eigenvalue weighted by molar-refractivity contribution is 5.94. The van der Waals surface area contributed by atoms with Crippen molar-refractivity contribution in [1.82, 2.24) is 5.32 Å². The van der Waals surface area contributed by atoms with Crippen LogP contribution in [0.4, 0.5) is 0 Å². The summed E-state index contributed by atoms with van der Waals surface area (Å²) >= 11 is 0. The summed E-state index contributed by atoms with van der Waals surface area (Å²) in [4.78, 5) is 12.0. The van der Waals surface area contributed by atoms with Crippen molar-refractivity contribution >= 4 is 5.91 Å². The van der Waals surface area contributed by atoms with Crippen LogP contribution >= 0.6 is 0 Å². The Morgan fingerprint density at radius 1 is 1.22 bits per heavy atom. The van der Waals surface area contributed by atoms with Gasteiger partial charge in [-0.2, -0.15) is 0 Å². The van der Waals surface area contributed by atoms with Gasteiger partial charge in [0.1, 0.15) is 0 Å². The largest absolute Gasteiger partial charge is 0.346 e. The summed E-state index contributed by atoms with van der Waals surface area (Å²) in [5.41, 5.74) is 2.77. The number of carbonyl (C=O) groups is 1. The topological polar surface area (TPSA) is 29.1 Å². The Labute approximate surface area is 109 Å². The molecule has 2 nitrogen and oxygen atoms in total. The van der Waals surface area contributed by atoms with Crippen LogP contribution in [0.1, 0.15) is 37.0 Å². The number of hydrogen-bond acceptors (Lipinski definition) is 1. The van der Waals surface area contributed by atoms with Gasteiger partial charge in [-0.25, -0.2) is 0 Å². The second kappa shape index (κ2) is 6.80. The standard InChI is InChI=1S/C16H21NO/c1-12(2)10-11-15(13(3)4)17-16(18)14-8-6-5-7-9-14/h5-9,15H,1,3,10-11H2,2,4H3,(H,17,18). The highest BCUT2D eigenvalue weighted by atomic mass is 16.1. The molecule has 1 aromatic carbocycles. The minimum atomic E-state index is -0.0506. The highest BCUT2D eigenvalue weighted by Crippen LogP contribution is 2.11. The van der Waals surface area contributed by atoms with Crippen LogP contribution in [0.3, 0.4) is 0 Å². The van der Waals surface area contributed by atoms with Gasteiger partial charge in [0, 0.05) is 5.56 Å². The lowest BCUT2D eigenvalue weighted by Gasteiger charge is -2.19. The van der Waals surface area contributed by atoms with Gasteiger partial charge in [-0.1, -0.05) is 35.9 Å². The number of allylic oxidation sites excluding steroid dienone is 1. The van der Waals surface area contributed by atoms with Crippen molar-refractivity contribution in [1.29, 1.82) is 0 Å². The Hall–Kier alpha value is -1.83. The maximum atomic E-state index is 12.0. The maximum absolute atomic E-state index is 12.0. The third kappa shape index (κ3) is 4.58. The Morgan fingerprint density at radius 3 is 2.33 bits per heavy atom. The summed E-state index contributed by atoms with van der Waals surface area (Å²) in [5.74, 6) is -0.0506. The molecular formula is C16H21NO. The van der Waals surface area contributed by atoms with E-state index in [0.717, 1.165) is 24.0 Å². The van der Waals surface area contributed by atoms with Crippen molar-refractivity contribution in [2.75, 3.05) is 0 Å². The van der Waals surface area contributed by atoms with Crippen molar-refractivity contribution in [3.63, 3.8) is 0 Å². The van der Waals surface area contributed by atoms with E-state index in [-0.39, 0.29) is 11.9 Å². The van der Waals surface area contributed by atoms with Crippen molar-refractivity contribution in [3.05, 3.63) is 60.2 Å². The van der Waals surface area contributed by atoms with Crippen LogP contribution in [0.25, 0.3) is 0 Å². The van der Waals surface area contributed by atoms with Crippen LogP contribution in [0.2, 0.25) is 0 Å². The van der Waals surface area contributed by atoms with Gasteiger partial charge in [-0.15, -0.1) is 6.58 Å². The first-order valence-corrected chi connectivity index (χ1v) is 6.16. The van der Waals surface area contributed by atoms with Gasteiger partial charge in [-0.3, -0.25) is 4.79 Å². The molecule has 0 spiro atoms. The van der Waals surface area contributed by atoms with E-state index in [1.807, 2.05) is 44.2 Å². The third-order valence-electron chi connectivity index (χ3n) is 2.80. The van der Waals surface area contributed by atoms with E-state index in [9.17, 15) is 4.79 Å². The number of nitrogens with one attached hydrogen (secondary N) is 1. The molecule has 1 aromatic rings. The van der Waals surface area contributed by atoms with E-state index in [4.69, 9.17) is 0 Å². The summed E-state index contributed by atoms with van der Waals surface area (Å²) in [6.07, 6.45) is 1.75. The molecule has 1 unspecified atom stereocenters. The van der Waals surface area contributed by atoms with Gasteiger partial charge in [-0.05, 0) is 38.8 Å². The van der Waals surface area contributed by atoms with Crippen molar-refractivity contribution < 1.29 is 4.79 Å². The van der Waals surface area contributed by atoms with Crippen LogP contribution < -0.4 is 5.32 Å². The fourth-order valence-electron chi connectivity index (χ4n) is 1.66. The quantitative estimate of drug-likeness (QED) is 0.758. The number of carbonyl (C=O) groups excluding carboxylic acids is 1. The number of hydrogen-bond donors (Lipinski definition) is 1. The van der Waals surface area contributed by atoms with E-state index < -0.39 is 0 Å². The van der Waals surface area contributed by atoms with Gasteiger partial charge in [0.15, 0.2) is 0 Å². The number of benzene rings is 1. The molecule has 1 atom stereocenters. The fourth-order valence-corrected chi connectivity index (χ4v) is 1.66. The second-order valence-electron chi connectivity index (χ2n) is 4.73. The van der Waals surface area contributed by atoms with Crippen LogP contribution in [0.5, 0.6) is 0 Å². The molecule has 1 N–H and O–H groups in total. The smallest absolute Gasteiger partial charge is 0.251 e. The molecule has 0 fully saturated rings. The zero-order valence-electron chi connectivity index (χ0n) is 11.2. The first-order valence-electron chi connectivity index (χ1n) is 6.16. The molecule has 0 bridgehead atoms. The van der Waals surface area contributed by atoms with E-state index in [1.54, 1.807) is 0 Å². The third-order valence-corrected chi connectivity index (χ3v) is 2.80. The molecule has 0 radical (unpaired) electrons. The van der Waals surface area contributed by atoms with E-state index in [1.165, 1.54) is 0 Å². The molecule has 0 heterocycles. The van der Waals surface area contributed by atoms with E-state index in [0.29, 0.717) is 5.56 Å². The van der Waals surface area contributed by atoms with Crippen LogP contribution in [0.15, 0.2) is 54.6 Å². The number of rotatable bonds is 6. The van der Waals surface area contributed by atoms with Gasteiger partial charge in [0.25, 0.3) is 5.91 Å². The molecule has 18 heavy (non-hydrogen) atoms. The van der Waals surface area contributed by atoms with E-state index >= 15 is 0 Å². The van der Waals surface area contributed by atoms with Crippen molar-refractivity contribution in [2.24, 2.45) is 0 Å². The summed E-state index contributed by atoms with van der Waals surface area (Å²) in [6, 6.07) is 9.24. The molecule has 1 amide bonds. The molecule has 1 rings (SSSR count). The lowest BCUT2D eigenvalue weighted by atomic mass is 10.0. The average molecular weight is 243 g/mol. The van der Waals surface area contributed by atoms with Crippen molar-refractivity contribution in [3.8, 4) is 0 Å². The molecule has 0 aliphatic carbocycles. The maximum Gasteiger partial charge on any atom is 0.251 e. The average Bonchev–Trinajstić information content (AvgIpc) is 2.34.